The third-order valence-corrected chi connectivity index (χ3v) is 6.41. The molecule has 0 saturated carbocycles. The van der Waals surface area contributed by atoms with Crippen LogP contribution in [0.1, 0.15) is 32.3 Å². The van der Waals surface area contributed by atoms with Crippen LogP contribution in [0.5, 0.6) is 0 Å². The van der Waals surface area contributed by atoms with Crippen LogP contribution in [0.2, 0.25) is 5.02 Å². The molecule has 4 aliphatic rings. The molecule has 2 saturated heterocycles. The number of morpholine rings is 1. The van der Waals surface area contributed by atoms with Crippen molar-refractivity contribution < 1.29 is 9.47 Å². The Balaban J connectivity index is 1.27. The van der Waals surface area contributed by atoms with E-state index in [1.165, 1.54) is 6.33 Å². The number of ether oxygens (including phenoxy) is 2. The molecule has 9 nitrogen and oxygen atoms in total. The quantitative estimate of drug-likeness (QED) is 0.460. The van der Waals surface area contributed by atoms with E-state index in [0.29, 0.717) is 34.9 Å². The van der Waals surface area contributed by atoms with Crippen LogP contribution < -0.4 is 10.6 Å². The third-order valence-electron chi connectivity index (χ3n) is 6.10. The highest BCUT2D eigenvalue weighted by molar-refractivity contribution is 6.33. The van der Waals surface area contributed by atoms with E-state index in [2.05, 4.69) is 56.2 Å². The lowest BCUT2D eigenvalue weighted by Crippen LogP contribution is -2.45. The van der Waals surface area contributed by atoms with E-state index in [-0.39, 0.29) is 18.2 Å². The molecule has 2 fully saturated rings. The summed E-state index contributed by atoms with van der Waals surface area (Å²) in [4.78, 5) is 18.9. The zero-order chi connectivity index (χ0) is 24.2. The van der Waals surface area contributed by atoms with Gasteiger partial charge in [0.15, 0.2) is 11.6 Å². The van der Waals surface area contributed by atoms with Crippen molar-refractivity contribution in [3.05, 3.63) is 35.1 Å². The number of anilines is 3. The van der Waals surface area contributed by atoms with Crippen LogP contribution in [0.25, 0.3) is 11.5 Å². The molecule has 0 radical (unpaired) electrons. The first-order valence-corrected chi connectivity index (χ1v) is 12.4. The van der Waals surface area contributed by atoms with Gasteiger partial charge in [-0.25, -0.2) is 9.97 Å². The average Bonchev–Trinajstić information content (AvgIpc) is 3.30. The Morgan fingerprint density at radius 2 is 1.97 bits per heavy atom. The number of aromatic nitrogens is 4. The largest absolute Gasteiger partial charge is 0.381 e. The highest BCUT2D eigenvalue weighted by atomic mass is 35.5. The van der Waals surface area contributed by atoms with Crippen molar-refractivity contribution in [3.8, 4) is 23.4 Å². The van der Waals surface area contributed by atoms with E-state index in [1.807, 2.05) is 18.2 Å². The maximum atomic E-state index is 6.58. The summed E-state index contributed by atoms with van der Waals surface area (Å²) in [5, 5.41) is 7.34. The highest BCUT2D eigenvalue weighted by Crippen LogP contribution is 2.30. The van der Waals surface area contributed by atoms with Crippen LogP contribution in [-0.4, -0.2) is 75.9 Å². The molecule has 0 amide bonds. The van der Waals surface area contributed by atoms with E-state index in [0.717, 1.165) is 50.4 Å². The van der Waals surface area contributed by atoms with E-state index in [1.54, 1.807) is 0 Å². The number of imidazole rings is 1. The van der Waals surface area contributed by atoms with Gasteiger partial charge in [-0.1, -0.05) is 23.4 Å². The van der Waals surface area contributed by atoms with Crippen LogP contribution in [0.4, 0.5) is 17.5 Å². The van der Waals surface area contributed by atoms with Crippen molar-refractivity contribution in [1.82, 2.24) is 24.8 Å². The van der Waals surface area contributed by atoms with Gasteiger partial charge in [0.2, 0.25) is 5.95 Å². The number of rotatable bonds is 5. The third kappa shape index (κ3) is 6.03. The molecular weight excluding hydrogens is 466 g/mol. The number of hydrogen-bond donors (Lipinski definition) is 3. The van der Waals surface area contributed by atoms with Gasteiger partial charge >= 0.3 is 0 Å². The van der Waals surface area contributed by atoms with Crippen LogP contribution in [0.15, 0.2) is 24.5 Å². The fourth-order valence-electron chi connectivity index (χ4n) is 4.52. The predicted octanol–water partition coefficient (Wildman–Crippen LogP) is 3.75. The Kier molecular flexibility index (Phi) is 7.35. The summed E-state index contributed by atoms with van der Waals surface area (Å²) in [5.41, 5.74) is 2.31. The Bertz CT molecular complexity index is 1170. The van der Waals surface area contributed by atoms with E-state index >= 15 is 0 Å². The average molecular weight is 496 g/mol. The minimum atomic E-state index is 0.233. The zero-order valence-corrected chi connectivity index (χ0v) is 20.7. The van der Waals surface area contributed by atoms with Gasteiger partial charge in [-0.15, -0.1) is 0 Å². The topological polar surface area (TPSA) is 100 Å². The van der Waals surface area contributed by atoms with E-state index in [9.17, 15) is 0 Å². The lowest BCUT2D eigenvalue weighted by Gasteiger charge is -2.34. The molecule has 1 aromatic rings. The zero-order valence-electron chi connectivity index (χ0n) is 20.0. The molecule has 184 valence electrons. The maximum Gasteiger partial charge on any atom is 0.208 e. The van der Waals surface area contributed by atoms with Crippen molar-refractivity contribution in [2.45, 2.75) is 44.9 Å². The minimum absolute atomic E-state index is 0.233. The molecule has 2 atom stereocenters. The summed E-state index contributed by atoms with van der Waals surface area (Å²) in [6.45, 7) is 8.18. The number of hydrogen-bond acceptors (Lipinski definition) is 8. The van der Waals surface area contributed by atoms with Gasteiger partial charge in [0, 0.05) is 37.9 Å². The number of H-pyrrole nitrogens is 1. The molecule has 10 heteroatoms. The van der Waals surface area contributed by atoms with Crippen molar-refractivity contribution in [2.75, 3.05) is 43.5 Å². The number of nitrogens with zero attached hydrogens (tertiary/aromatic N) is 4. The second-order valence-electron chi connectivity index (χ2n) is 9.11. The second kappa shape index (κ2) is 10.8. The van der Waals surface area contributed by atoms with Crippen LogP contribution >= 0.6 is 11.6 Å². The van der Waals surface area contributed by atoms with Gasteiger partial charge in [-0.05, 0) is 44.9 Å². The molecule has 0 spiro atoms. The molecule has 4 heterocycles. The molecule has 0 aliphatic carbocycles. The standard InChI is InChI=1S/C25H30ClN7O2/c1-16-13-33(14-17(2)35-16)9-3-4-18-5-6-21(20(26)12-18)30-25-31-23-22(27-15-28-23)24(32-25)29-19-7-10-34-11-8-19/h5-6,12,15-17,19H,7-11,13-14H2,1-2H3,(H3,27,28,29,30,31,32)/t16-,17+. The Hall–Kier alpha value is -2.90. The first kappa shape index (κ1) is 23.8. The SMILES string of the molecule is C[C@@H]1CN(CC#Cc2ccc(Nc3nc(NC4CCOCC4)c4ncnc-4[nH]3)c(Cl)c2)C[C@H](C)O1. The molecular formula is C25H30ClN7O2. The van der Waals surface area contributed by atoms with Crippen molar-refractivity contribution in [1.29, 1.82) is 0 Å². The van der Waals surface area contributed by atoms with Crippen LogP contribution in [0, 0.1) is 11.8 Å². The van der Waals surface area contributed by atoms with Gasteiger partial charge in [0.1, 0.15) is 12.0 Å². The summed E-state index contributed by atoms with van der Waals surface area (Å²) in [7, 11) is 0. The first-order chi connectivity index (χ1) is 17.0. The Labute approximate surface area is 210 Å². The summed E-state index contributed by atoms with van der Waals surface area (Å²) in [6, 6.07) is 6.02. The summed E-state index contributed by atoms with van der Waals surface area (Å²) >= 11 is 6.58. The Morgan fingerprint density at radius 3 is 2.74 bits per heavy atom. The van der Waals surface area contributed by atoms with Gasteiger partial charge in [-0.3, -0.25) is 4.90 Å². The molecule has 0 aromatic heterocycles. The highest BCUT2D eigenvalue weighted by Gasteiger charge is 2.22. The summed E-state index contributed by atoms with van der Waals surface area (Å²) < 4.78 is 11.2. The minimum Gasteiger partial charge on any atom is -0.381 e. The van der Waals surface area contributed by atoms with Crippen LogP contribution in [-0.2, 0) is 9.47 Å². The van der Waals surface area contributed by atoms with Gasteiger partial charge < -0.3 is 25.1 Å². The second-order valence-corrected chi connectivity index (χ2v) is 9.52. The smallest absolute Gasteiger partial charge is 0.208 e. The summed E-state index contributed by atoms with van der Waals surface area (Å²) in [6.07, 6.45) is 3.85. The fraction of sp³-hybridized carbons (Fsp3) is 0.480. The number of halogens is 1. The molecule has 35 heavy (non-hydrogen) atoms. The number of fused-ring (bicyclic) bond motifs is 1. The van der Waals surface area contributed by atoms with Crippen molar-refractivity contribution in [3.63, 3.8) is 0 Å². The van der Waals surface area contributed by atoms with E-state index in [4.69, 9.17) is 26.1 Å². The molecule has 0 bridgehead atoms. The number of nitrogens with one attached hydrogen (secondary N) is 3. The van der Waals surface area contributed by atoms with Gasteiger partial charge in [-0.2, -0.15) is 4.98 Å². The molecule has 0 unspecified atom stereocenters. The molecule has 3 N–H and O–H groups in total. The molecule has 4 aliphatic heterocycles. The molecule has 1 aromatic carbocycles. The predicted molar refractivity (Wildman–Crippen MR) is 136 cm³/mol. The number of aromatic amines is 1. The van der Waals surface area contributed by atoms with Gasteiger partial charge in [0.05, 0.1) is 29.5 Å². The first-order valence-electron chi connectivity index (χ1n) is 12.0. The maximum absolute atomic E-state index is 6.58. The summed E-state index contributed by atoms with van der Waals surface area (Å²) in [5.74, 6) is 8.36. The normalized spacial score (nSPS) is 21.5. The number of benzene rings is 1. The van der Waals surface area contributed by atoms with Crippen LogP contribution in [0.3, 0.4) is 0 Å². The fourth-order valence-corrected chi connectivity index (χ4v) is 4.75. The van der Waals surface area contributed by atoms with Crippen molar-refractivity contribution in [2.24, 2.45) is 0 Å². The Morgan fingerprint density at radius 1 is 1.17 bits per heavy atom. The van der Waals surface area contributed by atoms with Crippen molar-refractivity contribution >= 4 is 29.1 Å². The lowest BCUT2D eigenvalue weighted by atomic mass is 10.1. The molecule has 5 rings (SSSR count). The van der Waals surface area contributed by atoms with E-state index < -0.39 is 0 Å². The van der Waals surface area contributed by atoms with Gasteiger partial charge in [0.25, 0.3) is 0 Å². The lowest BCUT2D eigenvalue weighted by molar-refractivity contribution is -0.0640. The monoisotopic (exact) mass is 495 g/mol.